The summed E-state index contributed by atoms with van der Waals surface area (Å²) in [5, 5.41) is 14.7. The minimum absolute atomic E-state index is 0.0825. The van der Waals surface area contributed by atoms with Gasteiger partial charge >= 0.3 is 0 Å². The van der Waals surface area contributed by atoms with Gasteiger partial charge in [-0.25, -0.2) is 4.98 Å². The normalized spacial score (nSPS) is 10.4. The van der Waals surface area contributed by atoms with Crippen molar-refractivity contribution in [2.24, 2.45) is 0 Å². The van der Waals surface area contributed by atoms with Crippen LogP contribution in [0.4, 0.5) is 5.69 Å². The minimum Gasteiger partial charge on any atom is -0.291 e. The topological polar surface area (TPSA) is 108 Å². The second-order valence-electron chi connectivity index (χ2n) is 5.20. The quantitative estimate of drug-likeness (QED) is 0.411. The van der Waals surface area contributed by atoms with Crippen LogP contribution in [0.25, 0.3) is 16.9 Å². The number of carbonyl (C=O) groups is 1. The van der Waals surface area contributed by atoms with Crippen LogP contribution in [-0.2, 0) is 0 Å². The molecule has 0 unspecified atom stereocenters. The average molecular weight is 336 g/mol. The third-order valence-corrected chi connectivity index (χ3v) is 3.47. The van der Waals surface area contributed by atoms with Gasteiger partial charge in [-0.05, 0) is 12.1 Å². The Morgan fingerprint density at radius 2 is 1.72 bits per heavy atom. The van der Waals surface area contributed by atoms with Gasteiger partial charge in [-0.2, -0.15) is 4.68 Å². The van der Waals surface area contributed by atoms with E-state index in [1.165, 1.54) is 31.2 Å². The predicted molar refractivity (Wildman–Crippen MR) is 89.7 cm³/mol. The Balaban J connectivity index is 2.22. The number of non-ortho nitro benzene ring substituents is 1. The first kappa shape index (κ1) is 16.2. The molecule has 0 spiro atoms. The van der Waals surface area contributed by atoms with Crippen LogP contribution in [0, 0.1) is 10.1 Å². The second kappa shape index (κ2) is 6.44. The molecule has 2 aromatic carbocycles. The first-order valence-corrected chi connectivity index (χ1v) is 7.30. The number of carbonyl (C=O) groups excluding carboxylic acids is 1. The van der Waals surface area contributed by atoms with Gasteiger partial charge in [0.25, 0.3) is 11.2 Å². The third kappa shape index (κ3) is 3.18. The fourth-order valence-electron chi connectivity index (χ4n) is 2.24. The Hall–Kier alpha value is -3.68. The van der Waals surface area contributed by atoms with Crippen molar-refractivity contribution in [1.82, 2.24) is 14.8 Å². The predicted octanol–water partition coefficient (Wildman–Crippen LogP) is 2.41. The van der Waals surface area contributed by atoms with E-state index in [1.54, 1.807) is 30.3 Å². The van der Waals surface area contributed by atoms with E-state index in [0.717, 1.165) is 4.68 Å². The zero-order valence-electron chi connectivity index (χ0n) is 13.1. The maximum atomic E-state index is 12.8. The van der Waals surface area contributed by atoms with E-state index in [1.807, 2.05) is 0 Å². The molecule has 1 heterocycles. The maximum absolute atomic E-state index is 12.8. The van der Waals surface area contributed by atoms with Crippen LogP contribution < -0.4 is 5.56 Å². The van der Waals surface area contributed by atoms with Crippen molar-refractivity contribution >= 4 is 11.5 Å². The molecule has 3 rings (SSSR count). The van der Waals surface area contributed by atoms with Crippen molar-refractivity contribution in [2.75, 3.05) is 0 Å². The molecule has 0 bridgehead atoms. The molecule has 1 aromatic heterocycles. The van der Waals surface area contributed by atoms with Gasteiger partial charge in [0, 0.05) is 24.6 Å². The van der Waals surface area contributed by atoms with E-state index < -0.39 is 16.3 Å². The number of nitrogens with zero attached hydrogens (tertiary/aromatic N) is 4. The lowest BCUT2D eigenvalue weighted by atomic mass is 10.1. The summed E-state index contributed by atoms with van der Waals surface area (Å²) in [6, 6.07) is 14.0. The van der Waals surface area contributed by atoms with Gasteiger partial charge in [-0.3, -0.25) is 19.7 Å². The fourth-order valence-corrected chi connectivity index (χ4v) is 2.24. The van der Waals surface area contributed by atoms with E-state index in [2.05, 4.69) is 10.1 Å². The van der Waals surface area contributed by atoms with E-state index in [4.69, 9.17) is 0 Å². The number of hydrogen-bond donors (Lipinski definition) is 0. The smallest absolute Gasteiger partial charge is 0.291 e. The van der Waals surface area contributed by atoms with Crippen LogP contribution in [0.15, 0.2) is 59.4 Å². The van der Waals surface area contributed by atoms with E-state index in [0.29, 0.717) is 11.3 Å². The summed E-state index contributed by atoms with van der Waals surface area (Å²) in [6.07, 6.45) is 0. The molecule has 3 aromatic rings. The molecular formula is C17H12N4O4. The molecule has 0 saturated carbocycles. The van der Waals surface area contributed by atoms with Crippen LogP contribution in [0.1, 0.15) is 17.5 Å². The summed E-state index contributed by atoms with van der Waals surface area (Å²) < 4.78 is 1.02. The van der Waals surface area contributed by atoms with Crippen molar-refractivity contribution < 1.29 is 9.72 Å². The highest BCUT2D eigenvalue weighted by molar-refractivity contribution is 5.90. The minimum atomic E-state index is -0.539. The molecule has 0 N–H and O–H groups in total. The zero-order chi connectivity index (χ0) is 18.0. The fraction of sp³-hybridized carbons (Fsp3) is 0.0588. The number of benzene rings is 2. The van der Waals surface area contributed by atoms with Crippen LogP contribution in [0.5, 0.6) is 0 Å². The van der Waals surface area contributed by atoms with Crippen LogP contribution in [-0.4, -0.2) is 25.5 Å². The standard InChI is InChI=1S/C17H12N4O4/c1-11(22)16-18-15(12-5-3-2-4-6-12)17(23)20(19-16)13-7-9-14(10-8-13)21(24)25/h2-10H,1H3. The van der Waals surface area contributed by atoms with Crippen LogP contribution in [0.2, 0.25) is 0 Å². The molecule has 25 heavy (non-hydrogen) atoms. The van der Waals surface area contributed by atoms with Crippen molar-refractivity contribution in [2.45, 2.75) is 6.92 Å². The number of nitro benzene ring substituents is 1. The summed E-state index contributed by atoms with van der Waals surface area (Å²) in [7, 11) is 0. The summed E-state index contributed by atoms with van der Waals surface area (Å²) in [5.41, 5.74) is 0.302. The van der Waals surface area contributed by atoms with Gasteiger partial charge in [0.1, 0.15) is 5.69 Å². The van der Waals surface area contributed by atoms with Gasteiger partial charge in [0.15, 0.2) is 5.78 Å². The molecule has 0 fully saturated rings. The van der Waals surface area contributed by atoms with Crippen LogP contribution >= 0.6 is 0 Å². The Kier molecular flexibility index (Phi) is 4.17. The van der Waals surface area contributed by atoms with Gasteiger partial charge in [-0.1, -0.05) is 30.3 Å². The number of nitro groups is 1. The molecule has 0 radical (unpaired) electrons. The van der Waals surface area contributed by atoms with E-state index in [-0.39, 0.29) is 17.2 Å². The molecule has 0 aliphatic heterocycles. The van der Waals surface area contributed by atoms with Gasteiger partial charge in [0.05, 0.1) is 10.6 Å². The van der Waals surface area contributed by atoms with Crippen molar-refractivity contribution in [3.63, 3.8) is 0 Å². The monoisotopic (exact) mass is 336 g/mol. The Morgan fingerprint density at radius 3 is 2.28 bits per heavy atom. The Bertz CT molecular complexity index is 1010. The Morgan fingerprint density at radius 1 is 1.08 bits per heavy atom. The van der Waals surface area contributed by atoms with Gasteiger partial charge in [-0.15, -0.1) is 5.10 Å². The summed E-state index contributed by atoms with van der Waals surface area (Å²) in [6.45, 7) is 1.30. The maximum Gasteiger partial charge on any atom is 0.298 e. The van der Waals surface area contributed by atoms with Crippen LogP contribution in [0.3, 0.4) is 0 Å². The van der Waals surface area contributed by atoms with Crippen molar-refractivity contribution in [3.8, 4) is 16.9 Å². The highest BCUT2D eigenvalue weighted by Crippen LogP contribution is 2.16. The second-order valence-corrected chi connectivity index (χ2v) is 5.20. The largest absolute Gasteiger partial charge is 0.298 e. The van der Waals surface area contributed by atoms with Gasteiger partial charge in [0.2, 0.25) is 5.82 Å². The molecule has 0 aliphatic rings. The zero-order valence-corrected chi connectivity index (χ0v) is 13.1. The molecule has 0 atom stereocenters. The number of aromatic nitrogens is 3. The number of hydrogen-bond acceptors (Lipinski definition) is 6. The first-order chi connectivity index (χ1) is 12.0. The molecule has 0 amide bonds. The first-order valence-electron chi connectivity index (χ1n) is 7.30. The number of Topliss-reactive ketones (excluding diaryl/α,β-unsaturated/α-hetero) is 1. The lowest BCUT2D eigenvalue weighted by Crippen LogP contribution is -2.27. The third-order valence-electron chi connectivity index (χ3n) is 3.47. The van der Waals surface area contributed by atoms with Crippen molar-refractivity contribution in [1.29, 1.82) is 0 Å². The molecule has 0 saturated heterocycles. The summed E-state index contributed by atoms with van der Waals surface area (Å²) in [4.78, 5) is 38.8. The van der Waals surface area contributed by atoms with E-state index in [9.17, 15) is 19.7 Å². The molecule has 124 valence electrons. The van der Waals surface area contributed by atoms with E-state index >= 15 is 0 Å². The average Bonchev–Trinajstić information content (AvgIpc) is 2.62. The molecule has 8 heteroatoms. The number of rotatable bonds is 4. The molecular weight excluding hydrogens is 324 g/mol. The lowest BCUT2D eigenvalue weighted by Gasteiger charge is -2.08. The molecule has 8 nitrogen and oxygen atoms in total. The lowest BCUT2D eigenvalue weighted by molar-refractivity contribution is -0.384. The Labute approximate surface area is 141 Å². The summed E-state index contributed by atoms with van der Waals surface area (Å²) >= 11 is 0. The molecule has 0 aliphatic carbocycles. The number of ketones is 1. The highest BCUT2D eigenvalue weighted by Gasteiger charge is 2.16. The van der Waals surface area contributed by atoms with Gasteiger partial charge < -0.3 is 0 Å². The highest BCUT2D eigenvalue weighted by atomic mass is 16.6. The summed E-state index contributed by atoms with van der Waals surface area (Å²) in [5.74, 6) is -0.510. The van der Waals surface area contributed by atoms with Crippen molar-refractivity contribution in [3.05, 3.63) is 80.9 Å². The SMILES string of the molecule is CC(=O)c1nc(-c2ccccc2)c(=O)n(-c2ccc([N+](=O)[O-])cc2)n1.